The molecule has 3 N–H and O–H groups in total. The van der Waals surface area contributed by atoms with Crippen LogP contribution < -0.4 is 5.73 Å². The van der Waals surface area contributed by atoms with E-state index >= 15 is 0 Å². The van der Waals surface area contributed by atoms with E-state index < -0.39 is 11.5 Å². The van der Waals surface area contributed by atoms with Crippen molar-refractivity contribution in [3.63, 3.8) is 0 Å². The molecule has 0 saturated carbocycles. The number of aliphatic hydroxyl groups is 1. The lowest BCUT2D eigenvalue weighted by molar-refractivity contribution is -0.142. The van der Waals surface area contributed by atoms with Gasteiger partial charge in [-0.15, -0.1) is 0 Å². The maximum atomic E-state index is 13.0. The van der Waals surface area contributed by atoms with Gasteiger partial charge in [-0.05, 0) is 49.6 Å². The zero-order chi connectivity index (χ0) is 14.0. The zero-order valence-electron chi connectivity index (χ0n) is 11.0. The molecule has 1 heterocycles. The van der Waals surface area contributed by atoms with Crippen molar-refractivity contribution in [3.8, 4) is 0 Å². The second-order valence-corrected chi connectivity index (χ2v) is 5.28. The van der Waals surface area contributed by atoms with Crippen LogP contribution in [0.5, 0.6) is 0 Å². The number of primary amides is 1. The van der Waals surface area contributed by atoms with E-state index in [9.17, 15) is 14.3 Å². The molecule has 0 radical (unpaired) electrons. The number of β-amino-alcohol motifs (C(OH)–C–C–N with tert-alkyl or cyclic N) is 1. The number of carbonyl (C=O) groups is 1. The van der Waals surface area contributed by atoms with Gasteiger partial charge in [0.1, 0.15) is 5.82 Å². The Balaban J connectivity index is 2.09. The van der Waals surface area contributed by atoms with Gasteiger partial charge in [0.2, 0.25) is 0 Å². The van der Waals surface area contributed by atoms with Crippen molar-refractivity contribution in [2.24, 2.45) is 5.73 Å². The quantitative estimate of drug-likeness (QED) is 0.856. The molecule has 1 atom stereocenters. The number of benzene rings is 1. The second-order valence-electron chi connectivity index (χ2n) is 5.28. The predicted octanol–water partition coefficient (Wildman–Crippen LogP) is 0.946. The average Bonchev–Trinajstić information content (AvgIpc) is 2.33. The van der Waals surface area contributed by atoms with Crippen LogP contribution in [-0.4, -0.2) is 34.6 Å². The highest BCUT2D eigenvalue weighted by Crippen LogP contribution is 2.23. The van der Waals surface area contributed by atoms with Crippen LogP contribution in [0.25, 0.3) is 0 Å². The maximum absolute atomic E-state index is 13.0. The number of hydrogen-bond donors (Lipinski definition) is 2. The lowest BCUT2D eigenvalue weighted by Gasteiger charge is -2.37. The molecule has 0 bridgehead atoms. The molecule has 1 saturated heterocycles. The number of hydrogen-bond acceptors (Lipinski definition) is 3. The third-order valence-corrected chi connectivity index (χ3v) is 3.71. The minimum Gasteiger partial charge on any atom is -0.379 e. The van der Waals surface area contributed by atoms with Crippen molar-refractivity contribution in [1.82, 2.24) is 4.90 Å². The van der Waals surface area contributed by atoms with Crippen molar-refractivity contribution >= 4 is 5.91 Å². The van der Waals surface area contributed by atoms with Gasteiger partial charge in [-0.1, -0.05) is 6.07 Å². The Morgan fingerprint density at radius 3 is 2.95 bits per heavy atom. The van der Waals surface area contributed by atoms with E-state index in [4.69, 9.17) is 5.73 Å². The molecule has 104 valence electrons. The van der Waals surface area contributed by atoms with Crippen molar-refractivity contribution < 1.29 is 14.3 Å². The highest BCUT2D eigenvalue weighted by atomic mass is 19.1. The van der Waals surface area contributed by atoms with Crippen molar-refractivity contribution in [1.29, 1.82) is 0 Å². The predicted molar refractivity (Wildman–Crippen MR) is 69.8 cm³/mol. The van der Waals surface area contributed by atoms with Crippen LogP contribution in [0, 0.1) is 12.7 Å². The zero-order valence-corrected chi connectivity index (χ0v) is 11.0. The highest BCUT2D eigenvalue weighted by Gasteiger charge is 2.38. The van der Waals surface area contributed by atoms with Gasteiger partial charge >= 0.3 is 0 Å². The highest BCUT2D eigenvalue weighted by molar-refractivity contribution is 5.83. The second kappa shape index (κ2) is 5.27. The monoisotopic (exact) mass is 266 g/mol. The first-order chi connectivity index (χ1) is 8.90. The van der Waals surface area contributed by atoms with E-state index in [1.54, 1.807) is 6.07 Å². The van der Waals surface area contributed by atoms with Gasteiger partial charge in [0.25, 0.3) is 5.91 Å². The van der Waals surface area contributed by atoms with Gasteiger partial charge in [-0.3, -0.25) is 9.69 Å². The van der Waals surface area contributed by atoms with Crippen LogP contribution in [0.15, 0.2) is 18.2 Å². The van der Waals surface area contributed by atoms with Crippen molar-refractivity contribution in [3.05, 3.63) is 35.1 Å². The van der Waals surface area contributed by atoms with Gasteiger partial charge in [0.05, 0.1) is 0 Å². The minimum absolute atomic E-state index is 0.235. The molecule has 0 aromatic heterocycles. The Labute approximate surface area is 112 Å². The first-order valence-corrected chi connectivity index (χ1v) is 6.40. The summed E-state index contributed by atoms with van der Waals surface area (Å²) in [4.78, 5) is 13.3. The van der Waals surface area contributed by atoms with Gasteiger partial charge < -0.3 is 10.8 Å². The summed E-state index contributed by atoms with van der Waals surface area (Å²) in [6, 6.07) is 4.65. The van der Waals surface area contributed by atoms with Gasteiger partial charge in [0.15, 0.2) is 5.60 Å². The largest absolute Gasteiger partial charge is 0.379 e. The molecule has 4 nitrogen and oxygen atoms in total. The first kappa shape index (κ1) is 14.0. The number of likely N-dealkylation sites (tertiary alicyclic amines) is 1. The normalized spacial score (nSPS) is 24.4. The molecule has 1 fully saturated rings. The number of nitrogens with zero attached hydrogens (tertiary/aromatic N) is 1. The molecular weight excluding hydrogens is 247 g/mol. The number of halogens is 1. The molecule has 0 aliphatic carbocycles. The summed E-state index contributed by atoms with van der Waals surface area (Å²) in [6.07, 6.45) is 1.13. The minimum atomic E-state index is -1.44. The molecule has 1 aromatic carbocycles. The number of piperidine rings is 1. The third-order valence-electron chi connectivity index (χ3n) is 3.71. The smallest absolute Gasteiger partial charge is 0.250 e. The fourth-order valence-electron chi connectivity index (χ4n) is 2.54. The van der Waals surface area contributed by atoms with E-state index in [1.807, 2.05) is 11.8 Å². The Morgan fingerprint density at radius 1 is 1.58 bits per heavy atom. The van der Waals surface area contributed by atoms with Gasteiger partial charge in [-0.25, -0.2) is 4.39 Å². The van der Waals surface area contributed by atoms with Crippen molar-refractivity contribution in [2.45, 2.75) is 31.9 Å². The average molecular weight is 266 g/mol. The van der Waals surface area contributed by atoms with Crippen LogP contribution in [0.2, 0.25) is 0 Å². The molecule has 1 aliphatic rings. The fourth-order valence-corrected chi connectivity index (χ4v) is 2.54. The van der Waals surface area contributed by atoms with Crippen LogP contribution in [0.3, 0.4) is 0 Å². The van der Waals surface area contributed by atoms with E-state index in [1.165, 1.54) is 12.1 Å². The van der Waals surface area contributed by atoms with Crippen LogP contribution >= 0.6 is 0 Å². The Hall–Kier alpha value is -1.46. The first-order valence-electron chi connectivity index (χ1n) is 6.40. The van der Waals surface area contributed by atoms with Crippen LogP contribution in [0.1, 0.15) is 24.0 Å². The van der Waals surface area contributed by atoms with Gasteiger partial charge in [0, 0.05) is 13.1 Å². The molecule has 1 amide bonds. The van der Waals surface area contributed by atoms with E-state index in [2.05, 4.69) is 0 Å². The molecule has 1 aromatic rings. The lowest BCUT2D eigenvalue weighted by atomic mass is 9.91. The number of nitrogens with two attached hydrogens (primary N) is 1. The number of carbonyl (C=O) groups excluding carboxylic acids is 1. The molecular formula is C14H19FN2O2. The summed E-state index contributed by atoms with van der Waals surface area (Å²) in [5.74, 6) is -0.929. The molecule has 2 rings (SSSR count). The molecule has 19 heavy (non-hydrogen) atoms. The topological polar surface area (TPSA) is 66.6 Å². The molecule has 0 spiro atoms. The third kappa shape index (κ3) is 3.11. The van der Waals surface area contributed by atoms with Crippen molar-refractivity contribution in [2.75, 3.05) is 13.1 Å². The van der Waals surface area contributed by atoms with E-state index in [-0.39, 0.29) is 12.4 Å². The summed E-state index contributed by atoms with van der Waals surface area (Å²) < 4.78 is 13.0. The number of aryl methyl sites for hydroxylation is 1. The molecule has 5 heteroatoms. The maximum Gasteiger partial charge on any atom is 0.250 e. The molecule has 1 aliphatic heterocycles. The number of rotatable bonds is 3. The summed E-state index contributed by atoms with van der Waals surface area (Å²) in [5, 5.41) is 10.1. The summed E-state index contributed by atoms with van der Waals surface area (Å²) in [6.45, 7) is 3.47. The summed E-state index contributed by atoms with van der Waals surface area (Å²) in [5.41, 5.74) is 5.67. The fraction of sp³-hybridized carbons (Fsp3) is 0.500. The summed E-state index contributed by atoms with van der Waals surface area (Å²) in [7, 11) is 0. The van der Waals surface area contributed by atoms with E-state index in [0.29, 0.717) is 13.0 Å². The Bertz CT molecular complexity index is 492. The Morgan fingerprint density at radius 2 is 2.32 bits per heavy atom. The van der Waals surface area contributed by atoms with E-state index in [0.717, 1.165) is 24.1 Å². The number of amides is 1. The summed E-state index contributed by atoms with van der Waals surface area (Å²) >= 11 is 0. The van der Waals surface area contributed by atoms with Gasteiger partial charge in [-0.2, -0.15) is 0 Å². The lowest BCUT2D eigenvalue weighted by Crippen LogP contribution is -2.55. The SMILES string of the molecule is Cc1cc(F)ccc1CN1CCCC(O)(C(N)=O)C1. The van der Waals surface area contributed by atoms with Crippen LogP contribution in [-0.2, 0) is 11.3 Å². The standard InChI is InChI=1S/C14H19FN2O2/c1-10-7-12(15)4-3-11(10)8-17-6-2-5-14(19,9-17)13(16)18/h3-4,7,19H,2,5-6,8-9H2,1H3,(H2,16,18). The van der Waals surface area contributed by atoms with Crippen LogP contribution in [0.4, 0.5) is 4.39 Å². The Kier molecular flexibility index (Phi) is 3.87. The molecule has 1 unspecified atom stereocenters.